The number of amides is 1. The second-order valence-corrected chi connectivity index (χ2v) is 5.87. The van der Waals surface area contributed by atoms with Gasteiger partial charge < -0.3 is 5.32 Å². The molecule has 0 atom stereocenters. The standard InChI is InChI=1S/C16H17N3OS/c1-2-12-6-3-4-8-14(12)18-16-17-10-15(20)19(16)11-13-7-5-9-21-13/h3-9H,2,10-11H2,1H3,(H,17,18). The Hall–Kier alpha value is -2.14. The van der Waals surface area contributed by atoms with Gasteiger partial charge in [0.05, 0.1) is 6.54 Å². The number of hydrogen-bond acceptors (Lipinski definition) is 4. The van der Waals surface area contributed by atoms with E-state index in [1.165, 1.54) is 5.56 Å². The monoisotopic (exact) mass is 299 g/mol. The van der Waals surface area contributed by atoms with Crippen LogP contribution in [0.3, 0.4) is 0 Å². The first-order chi connectivity index (χ1) is 10.3. The van der Waals surface area contributed by atoms with Crippen molar-refractivity contribution in [1.29, 1.82) is 0 Å². The lowest BCUT2D eigenvalue weighted by molar-refractivity contribution is -0.125. The van der Waals surface area contributed by atoms with E-state index < -0.39 is 0 Å². The molecule has 4 nitrogen and oxygen atoms in total. The van der Waals surface area contributed by atoms with Crippen molar-refractivity contribution in [3.8, 4) is 0 Å². The van der Waals surface area contributed by atoms with Crippen LogP contribution in [-0.2, 0) is 17.8 Å². The molecule has 0 radical (unpaired) electrons. The van der Waals surface area contributed by atoms with Crippen LogP contribution in [0.25, 0.3) is 0 Å². The number of guanidine groups is 1. The van der Waals surface area contributed by atoms with Crippen LogP contribution in [-0.4, -0.2) is 23.3 Å². The predicted octanol–water partition coefficient (Wildman–Crippen LogP) is 3.12. The summed E-state index contributed by atoms with van der Waals surface area (Å²) < 4.78 is 0. The molecule has 1 amide bonds. The first kappa shape index (κ1) is 13.8. The first-order valence-corrected chi connectivity index (χ1v) is 7.88. The van der Waals surface area contributed by atoms with Crippen LogP contribution in [0.4, 0.5) is 5.69 Å². The van der Waals surface area contributed by atoms with Crippen LogP contribution < -0.4 is 5.32 Å². The van der Waals surface area contributed by atoms with E-state index in [2.05, 4.69) is 23.3 Å². The third-order valence-corrected chi connectivity index (χ3v) is 4.32. The summed E-state index contributed by atoms with van der Waals surface area (Å²) in [6.07, 6.45) is 0.940. The normalized spacial score (nSPS) is 14.4. The maximum Gasteiger partial charge on any atom is 0.251 e. The molecule has 2 aromatic rings. The van der Waals surface area contributed by atoms with E-state index in [4.69, 9.17) is 0 Å². The molecular formula is C16H17N3OS. The second kappa shape index (κ2) is 6.10. The average molecular weight is 299 g/mol. The van der Waals surface area contributed by atoms with E-state index >= 15 is 0 Å². The van der Waals surface area contributed by atoms with Gasteiger partial charge >= 0.3 is 0 Å². The maximum atomic E-state index is 12.0. The fraction of sp³-hybridized carbons (Fsp3) is 0.250. The summed E-state index contributed by atoms with van der Waals surface area (Å²) in [6.45, 7) is 2.92. The van der Waals surface area contributed by atoms with E-state index in [9.17, 15) is 4.79 Å². The predicted molar refractivity (Wildman–Crippen MR) is 86.6 cm³/mol. The molecule has 108 valence electrons. The Morgan fingerprint density at radius 1 is 1.29 bits per heavy atom. The van der Waals surface area contributed by atoms with Crippen molar-refractivity contribution in [1.82, 2.24) is 4.90 Å². The van der Waals surface area contributed by atoms with Gasteiger partial charge in [0.25, 0.3) is 5.91 Å². The number of hydrogen-bond donors (Lipinski definition) is 1. The molecule has 1 aromatic heterocycles. The molecule has 1 aliphatic rings. The zero-order chi connectivity index (χ0) is 14.7. The van der Waals surface area contributed by atoms with Crippen molar-refractivity contribution >= 4 is 28.9 Å². The summed E-state index contributed by atoms with van der Waals surface area (Å²) in [4.78, 5) is 19.2. The highest BCUT2D eigenvalue weighted by Crippen LogP contribution is 2.19. The molecule has 1 aliphatic heterocycles. The number of rotatable bonds is 4. The van der Waals surface area contributed by atoms with Gasteiger partial charge in [0, 0.05) is 10.6 Å². The number of nitrogens with one attached hydrogen (secondary N) is 1. The minimum Gasteiger partial charge on any atom is -0.326 e. The summed E-state index contributed by atoms with van der Waals surface area (Å²) in [7, 11) is 0. The Balaban J connectivity index is 1.79. The maximum absolute atomic E-state index is 12.0. The van der Waals surface area contributed by atoms with Gasteiger partial charge in [-0.25, -0.2) is 4.99 Å². The number of carbonyl (C=O) groups excluding carboxylic acids is 1. The molecule has 21 heavy (non-hydrogen) atoms. The number of nitrogens with zero attached hydrogens (tertiary/aromatic N) is 2. The lowest BCUT2D eigenvalue weighted by atomic mass is 10.1. The summed E-state index contributed by atoms with van der Waals surface area (Å²) in [5.41, 5.74) is 2.24. The van der Waals surface area contributed by atoms with Crippen LogP contribution in [0.5, 0.6) is 0 Å². The third kappa shape index (κ3) is 2.97. The van der Waals surface area contributed by atoms with Gasteiger partial charge in [0.15, 0.2) is 0 Å². The third-order valence-electron chi connectivity index (χ3n) is 3.46. The molecule has 0 spiro atoms. The van der Waals surface area contributed by atoms with Crippen LogP contribution in [0.1, 0.15) is 17.4 Å². The minimum atomic E-state index is 0.0416. The van der Waals surface area contributed by atoms with Gasteiger partial charge in [0.1, 0.15) is 6.54 Å². The largest absolute Gasteiger partial charge is 0.326 e. The SMILES string of the molecule is CCc1ccccc1NC1=NCC(=O)N1Cc1cccs1. The van der Waals surface area contributed by atoms with Gasteiger partial charge in [0.2, 0.25) is 5.96 Å². The number of carbonyl (C=O) groups is 1. The number of para-hydroxylation sites is 1. The van der Waals surface area contributed by atoms with Crippen LogP contribution >= 0.6 is 11.3 Å². The zero-order valence-corrected chi connectivity index (χ0v) is 12.7. The summed E-state index contributed by atoms with van der Waals surface area (Å²) in [6, 6.07) is 12.2. The highest BCUT2D eigenvalue weighted by Gasteiger charge is 2.26. The summed E-state index contributed by atoms with van der Waals surface area (Å²) in [5, 5.41) is 5.33. The van der Waals surface area contributed by atoms with Crippen molar-refractivity contribution in [3.63, 3.8) is 0 Å². The van der Waals surface area contributed by atoms with Crippen molar-refractivity contribution in [2.45, 2.75) is 19.9 Å². The Kier molecular flexibility index (Phi) is 4.01. The quantitative estimate of drug-likeness (QED) is 0.942. The number of benzene rings is 1. The molecule has 1 N–H and O–H groups in total. The molecule has 0 bridgehead atoms. The molecule has 0 saturated carbocycles. The van der Waals surface area contributed by atoms with Crippen molar-refractivity contribution in [2.75, 3.05) is 11.9 Å². The molecule has 2 heterocycles. The lowest BCUT2D eigenvalue weighted by Gasteiger charge is -2.20. The van der Waals surface area contributed by atoms with E-state index in [0.29, 0.717) is 12.5 Å². The van der Waals surface area contributed by atoms with Gasteiger partial charge in [-0.15, -0.1) is 11.3 Å². The Morgan fingerprint density at radius 3 is 2.90 bits per heavy atom. The Bertz CT molecular complexity index is 664. The molecule has 1 aromatic carbocycles. The Labute approximate surface area is 128 Å². The van der Waals surface area contributed by atoms with Gasteiger partial charge in [-0.1, -0.05) is 31.2 Å². The topological polar surface area (TPSA) is 44.7 Å². The van der Waals surface area contributed by atoms with Crippen LogP contribution in [0.2, 0.25) is 0 Å². The van der Waals surface area contributed by atoms with Crippen molar-refractivity contribution in [2.24, 2.45) is 4.99 Å². The number of aliphatic imine (C=N–C) groups is 1. The smallest absolute Gasteiger partial charge is 0.251 e. The van der Waals surface area contributed by atoms with Crippen LogP contribution in [0.15, 0.2) is 46.8 Å². The highest BCUT2D eigenvalue weighted by molar-refractivity contribution is 7.09. The molecule has 5 heteroatoms. The van der Waals surface area contributed by atoms with E-state index in [1.54, 1.807) is 16.2 Å². The summed E-state index contributed by atoms with van der Waals surface area (Å²) in [5.74, 6) is 0.689. The van der Waals surface area contributed by atoms with E-state index in [-0.39, 0.29) is 12.5 Å². The van der Waals surface area contributed by atoms with Crippen LogP contribution in [0, 0.1) is 0 Å². The fourth-order valence-corrected chi connectivity index (χ4v) is 3.02. The number of aryl methyl sites for hydroxylation is 1. The fourth-order valence-electron chi connectivity index (χ4n) is 2.33. The molecule has 0 aliphatic carbocycles. The average Bonchev–Trinajstić information content (AvgIpc) is 3.13. The molecule has 3 rings (SSSR count). The first-order valence-electron chi connectivity index (χ1n) is 7.00. The molecular weight excluding hydrogens is 282 g/mol. The van der Waals surface area contributed by atoms with Gasteiger partial charge in [-0.3, -0.25) is 9.69 Å². The number of anilines is 1. The van der Waals surface area contributed by atoms with E-state index in [0.717, 1.165) is 17.0 Å². The molecule has 0 saturated heterocycles. The highest BCUT2D eigenvalue weighted by atomic mass is 32.1. The zero-order valence-electron chi connectivity index (χ0n) is 11.9. The Morgan fingerprint density at radius 2 is 2.14 bits per heavy atom. The van der Waals surface area contributed by atoms with Gasteiger partial charge in [-0.2, -0.15) is 0 Å². The molecule has 0 unspecified atom stereocenters. The van der Waals surface area contributed by atoms with Gasteiger partial charge in [-0.05, 0) is 29.5 Å². The van der Waals surface area contributed by atoms with E-state index in [1.807, 2.05) is 35.7 Å². The summed E-state index contributed by atoms with van der Waals surface area (Å²) >= 11 is 1.65. The minimum absolute atomic E-state index is 0.0416. The molecule has 0 fully saturated rings. The van der Waals surface area contributed by atoms with Crippen molar-refractivity contribution in [3.05, 3.63) is 52.2 Å². The number of thiophene rings is 1. The van der Waals surface area contributed by atoms with Crippen molar-refractivity contribution < 1.29 is 4.79 Å². The lowest BCUT2D eigenvalue weighted by Crippen LogP contribution is -2.36. The second-order valence-electron chi connectivity index (χ2n) is 4.83.